The summed E-state index contributed by atoms with van der Waals surface area (Å²) in [4.78, 5) is 15.1. The van der Waals surface area contributed by atoms with Gasteiger partial charge < -0.3 is 19.7 Å². The Labute approximate surface area is 194 Å². The highest BCUT2D eigenvalue weighted by molar-refractivity contribution is 6.32. The van der Waals surface area contributed by atoms with E-state index in [1.54, 1.807) is 18.3 Å². The smallest absolute Gasteiger partial charge is 0.406 e. The number of hydrogen-bond acceptors (Lipinski definition) is 9. The van der Waals surface area contributed by atoms with E-state index < -0.39 is 6.36 Å². The van der Waals surface area contributed by atoms with Gasteiger partial charge in [-0.05, 0) is 29.8 Å². The second kappa shape index (κ2) is 10.4. The van der Waals surface area contributed by atoms with Crippen LogP contribution in [-0.2, 0) is 4.74 Å². The van der Waals surface area contributed by atoms with Crippen molar-refractivity contribution in [2.24, 2.45) is 5.10 Å². The lowest BCUT2D eigenvalue weighted by atomic mass is 9.95. The molecule has 0 atom stereocenters. The van der Waals surface area contributed by atoms with E-state index in [2.05, 4.69) is 35.5 Å². The summed E-state index contributed by atoms with van der Waals surface area (Å²) < 4.78 is 46.4. The molecule has 174 valence electrons. The summed E-state index contributed by atoms with van der Waals surface area (Å²) in [5, 5.41) is 7.12. The Morgan fingerprint density at radius 2 is 1.76 bits per heavy atom. The van der Waals surface area contributed by atoms with Crippen molar-refractivity contribution in [3.05, 3.63) is 54.1 Å². The van der Waals surface area contributed by atoms with E-state index in [0.29, 0.717) is 43.4 Å². The summed E-state index contributed by atoms with van der Waals surface area (Å²) in [6.45, 7) is 2.26. The summed E-state index contributed by atoms with van der Waals surface area (Å²) in [6, 6.07) is 12.4. The minimum atomic E-state index is -4.76. The molecule has 2 N–H and O–H groups in total. The molecule has 0 amide bonds. The summed E-state index contributed by atoms with van der Waals surface area (Å²) in [7, 11) is 5.77. The molecule has 0 spiro atoms. The predicted molar refractivity (Wildman–Crippen MR) is 122 cm³/mol. The maximum Gasteiger partial charge on any atom is 0.573 e. The molecule has 0 unspecified atom stereocenters. The molecule has 3 aromatic rings. The molecule has 2 radical (unpaired) electrons. The molecule has 1 fully saturated rings. The van der Waals surface area contributed by atoms with Gasteiger partial charge in [-0.15, -0.1) is 13.2 Å². The van der Waals surface area contributed by atoms with Crippen molar-refractivity contribution in [2.75, 3.05) is 41.9 Å². The van der Waals surface area contributed by atoms with E-state index in [0.717, 1.165) is 5.56 Å². The quantitative estimate of drug-likeness (QED) is 0.310. The number of benzene rings is 2. The van der Waals surface area contributed by atoms with Crippen molar-refractivity contribution < 1.29 is 22.6 Å². The van der Waals surface area contributed by atoms with Crippen molar-refractivity contribution in [3.63, 3.8) is 0 Å². The molecular weight excluding hydrogens is 450 g/mol. The maximum atomic E-state index is 12.4. The molecule has 0 bridgehead atoms. The predicted octanol–water partition coefficient (Wildman–Crippen LogP) is 2.59. The molecule has 0 saturated carbocycles. The van der Waals surface area contributed by atoms with Crippen molar-refractivity contribution in [3.8, 4) is 5.75 Å². The van der Waals surface area contributed by atoms with Gasteiger partial charge in [0.05, 0.1) is 19.4 Å². The standard InChI is InChI=1S/C21H19BF3N7O2/c22-15-3-1-2-14(12-15)13-26-31-19-28-18(29-20(30-19)32-8-10-33-11-9-32)27-16-4-6-17(7-5-16)34-21(23,24)25/h1-7,12-13H,8-11H2,(H2,27,28,29,30,31)/b26-13+. The normalized spacial score (nSPS) is 14.3. The first-order valence-electron chi connectivity index (χ1n) is 10.2. The number of morpholine rings is 1. The monoisotopic (exact) mass is 469 g/mol. The van der Waals surface area contributed by atoms with Gasteiger partial charge in [0.15, 0.2) is 0 Å². The number of alkyl halides is 3. The van der Waals surface area contributed by atoms with Gasteiger partial charge in [-0.1, -0.05) is 29.7 Å². The zero-order chi connectivity index (χ0) is 24.0. The van der Waals surface area contributed by atoms with Crippen molar-refractivity contribution in [2.45, 2.75) is 6.36 Å². The SMILES string of the molecule is [B]c1cccc(/C=N/Nc2nc(Nc3ccc(OC(F)(F)F)cc3)nc(N3CCOCC3)n2)c1. The first-order valence-corrected chi connectivity index (χ1v) is 10.2. The van der Waals surface area contributed by atoms with Gasteiger partial charge in [-0.2, -0.15) is 20.1 Å². The minimum absolute atomic E-state index is 0.177. The van der Waals surface area contributed by atoms with Gasteiger partial charge in [0, 0.05) is 18.8 Å². The zero-order valence-electron chi connectivity index (χ0n) is 17.8. The summed E-state index contributed by atoms with van der Waals surface area (Å²) in [5.41, 5.74) is 4.63. The Bertz CT molecular complexity index is 1140. The number of rotatable bonds is 7. The van der Waals surface area contributed by atoms with Crippen LogP contribution in [0.5, 0.6) is 5.75 Å². The van der Waals surface area contributed by atoms with Crippen LogP contribution in [0.3, 0.4) is 0 Å². The lowest BCUT2D eigenvalue weighted by molar-refractivity contribution is -0.274. The highest BCUT2D eigenvalue weighted by atomic mass is 19.4. The number of hydrazone groups is 1. The van der Waals surface area contributed by atoms with E-state index in [9.17, 15) is 13.2 Å². The van der Waals surface area contributed by atoms with Crippen LogP contribution in [0.1, 0.15) is 5.56 Å². The van der Waals surface area contributed by atoms with Gasteiger partial charge in [0.2, 0.25) is 17.8 Å². The lowest BCUT2D eigenvalue weighted by Gasteiger charge is -2.27. The minimum Gasteiger partial charge on any atom is -0.406 e. The molecule has 4 rings (SSSR count). The number of anilines is 4. The topological polar surface area (TPSA) is 96.8 Å². The van der Waals surface area contributed by atoms with Crippen LogP contribution in [0, 0.1) is 0 Å². The fraction of sp³-hybridized carbons (Fsp3) is 0.238. The number of halogens is 3. The van der Waals surface area contributed by atoms with Crippen LogP contribution in [0.15, 0.2) is 53.6 Å². The lowest BCUT2D eigenvalue weighted by Crippen LogP contribution is -2.37. The third-order valence-corrected chi connectivity index (χ3v) is 4.55. The Hall–Kier alpha value is -3.87. The molecule has 13 heteroatoms. The van der Waals surface area contributed by atoms with E-state index in [-0.39, 0.29) is 17.6 Å². The van der Waals surface area contributed by atoms with Crippen molar-refractivity contribution in [1.29, 1.82) is 0 Å². The van der Waals surface area contributed by atoms with Gasteiger partial charge in [-0.3, -0.25) is 0 Å². The van der Waals surface area contributed by atoms with Gasteiger partial charge in [0.25, 0.3) is 0 Å². The summed E-state index contributed by atoms with van der Waals surface area (Å²) in [6.07, 6.45) is -3.19. The molecule has 9 nitrogen and oxygen atoms in total. The number of ether oxygens (including phenoxy) is 2. The summed E-state index contributed by atoms with van der Waals surface area (Å²) in [5.74, 6) is 0.430. The van der Waals surface area contributed by atoms with Crippen LogP contribution >= 0.6 is 0 Å². The van der Waals surface area contributed by atoms with Gasteiger partial charge >= 0.3 is 6.36 Å². The average molecular weight is 469 g/mol. The molecule has 1 aliphatic rings. The molecule has 1 aliphatic heterocycles. The summed E-state index contributed by atoms with van der Waals surface area (Å²) >= 11 is 0. The van der Waals surface area contributed by atoms with E-state index in [1.165, 1.54) is 24.3 Å². The molecule has 2 aromatic carbocycles. The number of nitrogens with one attached hydrogen (secondary N) is 2. The third-order valence-electron chi connectivity index (χ3n) is 4.55. The van der Waals surface area contributed by atoms with Crippen molar-refractivity contribution >= 4 is 43.1 Å². The van der Waals surface area contributed by atoms with E-state index in [1.807, 2.05) is 17.0 Å². The Morgan fingerprint density at radius 1 is 1.03 bits per heavy atom. The zero-order valence-corrected chi connectivity index (χ0v) is 17.8. The maximum absolute atomic E-state index is 12.4. The van der Waals surface area contributed by atoms with Crippen molar-refractivity contribution in [1.82, 2.24) is 15.0 Å². The highest BCUT2D eigenvalue weighted by Gasteiger charge is 2.31. The number of nitrogens with zero attached hydrogens (tertiary/aromatic N) is 5. The van der Waals surface area contributed by atoms with E-state index >= 15 is 0 Å². The molecule has 1 aromatic heterocycles. The molecular formula is C21H19BF3N7O2. The second-order valence-corrected chi connectivity index (χ2v) is 7.12. The number of aromatic nitrogens is 3. The van der Waals surface area contributed by atoms with Gasteiger partial charge in [-0.25, -0.2) is 5.43 Å². The van der Waals surface area contributed by atoms with Crippen LogP contribution in [0.4, 0.5) is 36.7 Å². The molecule has 34 heavy (non-hydrogen) atoms. The second-order valence-electron chi connectivity index (χ2n) is 7.12. The molecule has 0 aliphatic carbocycles. The fourth-order valence-electron chi connectivity index (χ4n) is 3.05. The largest absolute Gasteiger partial charge is 0.573 e. The van der Waals surface area contributed by atoms with Crippen LogP contribution in [-0.4, -0.2) is 61.7 Å². The van der Waals surface area contributed by atoms with Crippen LogP contribution in [0.2, 0.25) is 0 Å². The first kappa shape index (κ1) is 23.3. The van der Waals surface area contributed by atoms with Crippen LogP contribution < -0.4 is 25.8 Å². The highest BCUT2D eigenvalue weighted by Crippen LogP contribution is 2.25. The Morgan fingerprint density at radius 3 is 2.47 bits per heavy atom. The van der Waals surface area contributed by atoms with Crippen LogP contribution in [0.25, 0.3) is 0 Å². The van der Waals surface area contributed by atoms with Gasteiger partial charge in [0.1, 0.15) is 13.6 Å². The Kier molecular flexibility index (Phi) is 7.11. The number of hydrogen-bond donors (Lipinski definition) is 2. The first-order chi connectivity index (χ1) is 16.3. The Balaban J connectivity index is 1.53. The molecule has 2 heterocycles. The fourth-order valence-corrected chi connectivity index (χ4v) is 3.05. The average Bonchev–Trinajstić information content (AvgIpc) is 2.80. The molecule has 1 saturated heterocycles. The van der Waals surface area contributed by atoms with E-state index in [4.69, 9.17) is 12.6 Å². The third kappa shape index (κ3) is 6.81.